The summed E-state index contributed by atoms with van der Waals surface area (Å²) in [6.45, 7) is 11.8. The summed E-state index contributed by atoms with van der Waals surface area (Å²) in [6, 6.07) is 34.1. The molecule has 0 saturated heterocycles. The van der Waals surface area contributed by atoms with Crippen molar-refractivity contribution < 1.29 is 0 Å². The molecule has 0 amide bonds. The number of fused-ring (bicyclic) bond motifs is 8. The minimum Gasteiger partial charge on any atom is -0.375 e. The molecule has 4 nitrogen and oxygen atoms in total. The van der Waals surface area contributed by atoms with Crippen LogP contribution in [0.3, 0.4) is 0 Å². The number of nitrogens with zero attached hydrogens (tertiary/aromatic N) is 4. The van der Waals surface area contributed by atoms with Crippen molar-refractivity contribution in [1.29, 1.82) is 5.26 Å². The second-order valence-electron chi connectivity index (χ2n) is 10.5. The molecule has 3 heterocycles. The molecule has 180 valence electrons. The van der Waals surface area contributed by atoms with Gasteiger partial charge in [0.15, 0.2) is 5.69 Å². The number of hydrogen-bond acceptors (Lipinski definition) is 1. The van der Waals surface area contributed by atoms with Crippen LogP contribution in [0.5, 0.6) is 0 Å². The first-order valence-corrected chi connectivity index (χ1v) is 13.1. The molecule has 0 atom stereocenters. The van der Waals surface area contributed by atoms with Crippen LogP contribution in [0.25, 0.3) is 54.1 Å². The molecule has 0 unspecified atom stereocenters. The van der Waals surface area contributed by atoms with E-state index < -0.39 is 0 Å². The first-order chi connectivity index (χ1) is 19.1. The Morgan fingerprint density at radius 1 is 0.744 bits per heavy atom. The van der Waals surface area contributed by atoms with Crippen molar-refractivity contribution >= 4 is 67.1 Å². The second-order valence-corrected chi connectivity index (χ2v) is 10.5. The Morgan fingerprint density at radius 3 is 2.10 bits per heavy atom. The first-order valence-electron chi connectivity index (χ1n) is 13.1. The van der Waals surface area contributed by atoms with Gasteiger partial charge in [-0.05, 0) is 54.1 Å². The molecule has 7 aromatic rings. The summed E-state index contributed by atoms with van der Waals surface area (Å²) in [4.78, 5) is 3.72. The fourth-order valence-corrected chi connectivity index (χ4v) is 6.92. The summed E-state index contributed by atoms with van der Waals surface area (Å²) in [5, 5.41) is 15.1. The third-order valence-corrected chi connectivity index (χ3v) is 8.45. The Bertz CT molecular complexity index is 2230. The molecule has 0 bridgehead atoms. The van der Waals surface area contributed by atoms with Gasteiger partial charge in [0.1, 0.15) is 0 Å². The normalized spacial score (nSPS) is 12.3. The van der Waals surface area contributed by atoms with Gasteiger partial charge < -0.3 is 9.05 Å². The number of aromatic nitrogens is 2. The number of hydrogen-bond donors (Lipinski definition) is 0. The predicted octanol–water partition coefficient (Wildman–Crippen LogP) is 6.90. The zero-order chi connectivity index (χ0) is 26.4. The van der Waals surface area contributed by atoms with Gasteiger partial charge in [0.2, 0.25) is 0 Å². The van der Waals surface area contributed by atoms with Crippen LogP contribution in [0.1, 0.15) is 16.7 Å². The second kappa shape index (κ2) is 7.63. The zero-order valence-corrected chi connectivity index (χ0v) is 21.5. The van der Waals surface area contributed by atoms with Crippen molar-refractivity contribution in [2.45, 2.75) is 13.8 Å². The average molecular weight is 496 g/mol. The lowest BCUT2D eigenvalue weighted by molar-refractivity contribution is 1.17. The Balaban J connectivity index is 1.66. The van der Waals surface area contributed by atoms with E-state index >= 15 is 0 Å². The highest BCUT2D eigenvalue weighted by atomic mass is 15.0. The summed E-state index contributed by atoms with van der Waals surface area (Å²) >= 11 is 0. The summed E-state index contributed by atoms with van der Waals surface area (Å²) < 4.78 is 4.75. The third-order valence-electron chi connectivity index (χ3n) is 8.45. The average Bonchev–Trinajstić information content (AvgIpc) is 3.48. The van der Waals surface area contributed by atoms with Gasteiger partial charge in [0.25, 0.3) is 0 Å². The van der Waals surface area contributed by atoms with E-state index in [0.29, 0.717) is 11.3 Å². The molecule has 5 aromatic carbocycles. The van der Waals surface area contributed by atoms with E-state index in [4.69, 9.17) is 6.57 Å². The van der Waals surface area contributed by atoms with Crippen molar-refractivity contribution in [3.63, 3.8) is 0 Å². The molecule has 5 heteroatoms. The standard InChI is InChI=1S/C34H21BN4/c1-20-8-6-10-25-26-11-7-9-21(2)33(26)39(32(20)25)35-28-12-4-5-13-29(28)38-30-18-23(37-3)15-17-24(30)27-16-14-22(19-36)31(35)34(27)38/h4-18H,1-2H3. The van der Waals surface area contributed by atoms with Gasteiger partial charge in [-0.15, -0.1) is 0 Å². The summed E-state index contributed by atoms with van der Waals surface area (Å²) in [5.74, 6) is 0. The largest absolute Gasteiger partial charge is 0.375 e. The smallest absolute Gasteiger partial charge is 0.333 e. The van der Waals surface area contributed by atoms with Gasteiger partial charge in [0, 0.05) is 43.8 Å². The predicted molar refractivity (Wildman–Crippen MR) is 161 cm³/mol. The summed E-state index contributed by atoms with van der Waals surface area (Å²) in [5.41, 5.74) is 11.4. The van der Waals surface area contributed by atoms with Crippen LogP contribution in [0.15, 0.2) is 91.0 Å². The van der Waals surface area contributed by atoms with Crippen molar-refractivity contribution in [3.8, 4) is 11.8 Å². The van der Waals surface area contributed by atoms with Gasteiger partial charge in [-0.2, -0.15) is 5.26 Å². The van der Waals surface area contributed by atoms with Crippen molar-refractivity contribution in [2.24, 2.45) is 0 Å². The lowest BCUT2D eigenvalue weighted by Gasteiger charge is -2.29. The topological polar surface area (TPSA) is 38.0 Å². The van der Waals surface area contributed by atoms with Gasteiger partial charge in [0.05, 0.1) is 23.7 Å². The lowest BCUT2D eigenvalue weighted by Crippen LogP contribution is -2.54. The van der Waals surface area contributed by atoms with E-state index in [0.717, 1.165) is 38.4 Å². The Labute approximate surface area is 225 Å². The van der Waals surface area contributed by atoms with Crippen LogP contribution in [0.2, 0.25) is 0 Å². The maximum absolute atomic E-state index is 10.5. The molecule has 1 aliphatic rings. The fraction of sp³-hybridized carbons (Fsp3) is 0.0588. The van der Waals surface area contributed by atoms with Crippen LogP contribution in [-0.2, 0) is 0 Å². The Morgan fingerprint density at radius 2 is 1.41 bits per heavy atom. The highest BCUT2D eigenvalue weighted by Crippen LogP contribution is 2.38. The van der Waals surface area contributed by atoms with Crippen LogP contribution < -0.4 is 10.9 Å². The third kappa shape index (κ3) is 2.67. The maximum atomic E-state index is 10.5. The molecule has 0 aliphatic carbocycles. The molecule has 0 saturated carbocycles. The molecule has 0 spiro atoms. The fourth-order valence-electron chi connectivity index (χ4n) is 6.92. The lowest BCUT2D eigenvalue weighted by atomic mass is 9.47. The van der Waals surface area contributed by atoms with Gasteiger partial charge in [-0.1, -0.05) is 72.8 Å². The molecule has 1 aliphatic heterocycles. The van der Waals surface area contributed by atoms with Gasteiger partial charge in [-0.3, -0.25) is 0 Å². The highest BCUT2D eigenvalue weighted by Gasteiger charge is 2.38. The Hall–Kier alpha value is -5.26. The van der Waals surface area contributed by atoms with Crippen LogP contribution >= 0.6 is 0 Å². The van der Waals surface area contributed by atoms with Gasteiger partial charge >= 0.3 is 6.85 Å². The van der Waals surface area contributed by atoms with Crippen LogP contribution in [0.4, 0.5) is 5.69 Å². The summed E-state index contributed by atoms with van der Waals surface area (Å²) in [6.07, 6.45) is 0. The zero-order valence-electron chi connectivity index (χ0n) is 21.5. The van der Waals surface area contributed by atoms with E-state index in [1.54, 1.807) is 0 Å². The molecule has 0 N–H and O–H groups in total. The number of para-hydroxylation sites is 3. The first kappa shape index (κ1) is 21.8. The van der Waals surface area contributed by atoms with E-state index in [-0.39, 0.29) is 6.85 Å². The van der Waals surface area contributed by atoms with E-state index in [1.807, 2.05) is 18.2 Å². The number of benzene rings is 5. The molecular weight excluding hydrogens is 475 g/mol. The number of nitriles is 1. The molecule has 8 rings (SSSR count). The summed E-state index contributed by atoms with van der Waals surface area (Å²) in [7, 11) is 0. The minimum absolute atomic E-state index is 0.195. The highest BCUT2D eigenvalue weighted by molar-refractivity contribution is 6.88. The van der Waals surface area contributed by atoms with Crippen molar-refractivity contribution in [2.75, 3.05) is 0 Å². The molecule has 39 heavy (non-hydrogen) atoms. The number of aryl methyl sites for hydroxylation is 2. The van der Waals surface area contributed by atoms with E-state index in [9.17, 15) is 5.26 Å². The SMILES string of the molecule is [C-]#[N+]c1ccc2c3ccc(C#N)c4c3n(c2c1)-c1ccccc1B4n1c2c(C)cccc2c2cccc(C)c21. The monoisotopic (exact) mass is 496 g/mol. The van der Waals surface area contributed by atoms with Gasteiger partial charge in [-0.25, -0.2) is 4.85 Å². The van der Waals surface area contributed by atoms with Crippen molar-refractivity contribution in [1.82, 2.24) is 9.05 Å². The van der Waals surface area contributed by atoms with E-state index in [2.05, 4.69) is 107 Å². The van der Waals surface area contributed by atoms with Crippen LogP contribution in [0, 0.1) is 31.8 Å². The minimum atomic E-state index is -0.195. The van der Waals surface area contributed by atoms with Crippen LogP contribution in [-0.4, -0.2) is 15.9 Å². The molecule has 0 fully saturated rings. The van der Waals surface area contributed by atoms with Crippen molar-refractivity contribution in [3.05, 3.63) is 119 Å². The quantitative estimate of drug-likeness (QED) is 0.180. The Kier molecular flexibility index (Phi) is 4.27. The number of rotatable bonds is 1. The maximum Gasteiger partial charge on any atom is 0.333 e. The van der Waals surface area contributed by atoms with E-state index in [1.165, 1.54) is 32.9 Å². The molecule has 0 radical (unpaired) electrons. The molecule has 2 aromatic heterocycles. The molecular formula is C34H21BN4.